The third kappa shape index (κ3) is 2.69. The van der Waals surface area contributed by atoms with E-state index in [1.165, 1.54) is 17.9 Å². The summed E-state index contributed by atoms with van der Waals surface area (Å²) >= 11 is 0. The van der Waals surface area contributed by atoms with Crippen LogP contribution in [0, 0.1) is 0 Å². The zero-order valence-electron chi connectivity index (χ0n) is 11.8. The summed E-state index contributed by atoms with van der Waals surface area (Å²) in [6.07, 6.45) is 1.48. The van der Waals surface area contributed by atoms with Crippen molar-refractivity contribution in [2.45, 2.75) is 6.54 Å². The maximum atomic E-state index is 12.1. The third-order valence-electron chi connectivity index (χ3n) is 3.10. The van der Waals surface area contributed by atoms with Gasteiger partial charge in [0.15, 0.2) is 5.58 Å². The smallest absolute Gasteiger partial charge is 0.420 e. The van der Waals surface area contributed by atoms with Gasteiger partial charge in [-0.1, -0.05) is 12.1 Å². The Balaban J connectivity index is 1.78. The van der Waals surface area contributed by atoms with Crippen LogP contribution in [-0.4, -0.2) is 22.6 Å². The molecule has 0 fully saturated rings. The molecular formula is C15H13N3O4. The zero-order valence-corrected chi connectivity index (χ0v) is 11.8. The van der Waals surface area contributed by atoms with Crippen molar-refractivity contribution in [1.29, 1.82) is 0 Å². The summed E-state index contributed by atoms with van der Waals surface area (Å²) in [4.78, 5) is 27.8. The molecule has 2 aromatic heterocycles. The minimum absolute atomic E-state index is 0.137. The molecule has 1 N–H and O–H groups in total. The van der Waals surface area contributed by atoms with Crippen LogP contribution in [0.5, 0.6) is 5.88 Å². The van der Waals surface area contributed by atoms with E-state index in [2.05, 4.69) is 10.3 Å². The summed E-state index contributed by atoms with van der Waals surface area (Å²) in [6.45, 7) is -0.137. The Morgan fingerprint density at radius 3 is 2.86 bits per heavy atom. The number of nitrogens with one attached hydrogen (secondary N) is 1. The summed E-state index contributed by atoms with van der Waals surface area (Å²) < 4.78 is 11.3. The van der Waals surface area contributed by atoms with Gasteiger partial charge in [0.1, 0.15) is 6.54 Å². The molecule has 0 aliphatic rings. The lowest BCUT2D eigenvalue weighted by Crippen LogP contribution is -2.24. The Morgan fingerprint density at radius 2 is 2.14 bits per heavy atom. The lowest BCUT2D eigenvalue weighted by molar-refractivity contribution is -0.116. The quantitative estimate of drug-likeness (QED) is 0.791. The van der Waals surface area contributed by atoms with E-state index < -0.39 is 5.76 Å². The number of carbonyl (C=O) groups excluding carboxylic acids is 1. The second kappa shape index (κ2) is 5.72. The predicted molar refractivity (Wildman–Crippen MR) is 79.9 cm³/mol. The van der Waals surface area contributed by atoms with Gasteiger partial charge in [-0.3, -0.25) is 9.36 Å². The maximum absolute atomic E-state index is 12.1. The van der Waals surface area contributed by atoms with Crippen LogP contribution in [0.4, 0.5) is 5.69 Å². The SMILES string of the molecule is COc1ccc(NC(=O)Cn2c(=O)oc3ccccc32)cn1. The van der Waals surface area contributed by atoms with Crippen LogP contribution in [0.2, 0.25) is 0 Å². The average molecular weight is 299 g/mol. The van der Waals surface area contributed by atoms with Gasteiger partial charge in [0.05, 0.1) is 24.5 Å². The van der Waals surface area contributed by atoms with Crippen molar-refractivity contribution < 1.29 is 13.9 Å². The second-order valence-corrected chi connectivity index (χ2v) is 4.56. The highest BCUT2D eigenvalue weighted by Gasteiger charge is 2.12. The zero-order chi connectivity index (χ0) is 15.5. The molecule has 1 amide bonds. The first-order chi connectivity index (χ1) is 10.7. The van der Waals surface area contributed by atoms with Gasteiger partial charge >= 0.3 is 5.76 Å². The number of hydrogen-bond donors (Lipinski definition) is 1. The topological polar surface area (TPSA) is 86.4 Å². The number of para-hydroxylation sites is 2. The lowest BCUT2D eigenvalue weighted by atomic mass is 10.3. The number of fused-ring (bicyclic) bond motifs is 1. The van der Waals surface area contributed by atoms with E-state index in [1.807, 2.05) is 0 Å². The van der Waals surface area contributed by atoms with Gasteiger partial charge in [-0.05, 0) is 18.2 Å². The molecule has 1 aromatic carbocycles. The van der Waals surface area contributed by atoms with Crippen LogP contribution in [0.1, 0.15) is 0 Å². The number of ether oxygens (including phenoxy) is 1. The Kier molecular flexibility index (Phi) is 3.61. The van der Waals surface area contributed by atoms with Crippen molar-refractivity contribution in [3.63, 3.8) is 0 Å². The number of oxazole rings is 1. The molecule has 0 aliphatic carbocycles. The molecule has 0 spiro atoms. The van der Waals surface area contributed by atoms with Gasteiger partial charge in [0.25, 0.3) is 0 Å². The predicted octanol–water partition coefficient (Wildman–Crippen LogP) is 1.64. The molecule has 7 nitrogen and oxygen atoms in total. The molecule has 0 atom stereocenters. The summed E-state index contributed by atoms with van der Waals surface area (Å²) in [7, 11) is 1.51. The highest BCUT2D eigenvalue weighted by Crippen LogP contribution is 2.13. The number of anilines is 1. The molecule has 3 rings (SSSR count). The number of nitrogens with zero attached hydrogens (tertiary/aromatic N) is 2. The van der Waals surface area contributed by atoms with Gasteiger partial charge in [-0.15, -0.1) is 0 Å². The maximum Gasteiger partial charge on any atom is 0.420 e. The van der Waals surface area contributed by atoms with Crippen molar-refractivity contribution in [3.8, 4) is 5.88 Å². The molecule has 0 saturated heterocycles. The fraction of sp³-hybridized carbons (Fsp3) is 0.133. The van der Waals surface area contributed by atoms with Crippen LogP contribution in [0.15, 0.2) is 51.8 Å². The number of hydrogen-bond acceptors (Lipinski definition) is 5. The standard InChI is InChI=1S/C15H13N3O4/c1-21-14-7-6-10(8-16-14)17-13(19)9-18-11-4-2-3-5-12(11)22-15(18)20/h2-8H,9H2,1H3,(H,17,19). The molecule has 22 heavy (non-hydrogen) atoms. The van der Waals surface area contributed by atoms with E-state index in [1.54, 1.807) is 36.4 Å². The minimum atomic E-state index is -0.566. The first-order valence-electron chi connectivity index (χ1n) is 6.55. The summed E-state index contributed by atoms with van der Waals surface area (Å²) in [5, 5.41) is 2.67. The molecule has 0 saturated carbocycles. The number of methoxy groups -OCH3 is 1. The Hall–Kier alpha value is -3.09. The van der Waals surface area contributed by atoms with Gasteiger partial charge in [0, 0.05) is 6.07 Å². The van der Waals surface area contributed by atoms with Crippen molar-refractivity contribution in [1.82, 2.24) is 9.55 Å². The minimum Gasteiger partial charge on any atom is -0.481 e. The third-order valence-corrected chi connectivity index (χ3v) is 3.10. The van der Waals surface area contributed by atoms with Crippen molar-refractivity contribution in [3.05, 3.63) is 53.1 Å². The van der Waals surface area contributed by atoms with Gasteiger partial charge in [-0.25, -0.2) is 9.78 Å². The summed E-state index contributed by atoms with van der Waals surface area (Å²) in [6, 6.07) is 10.2. The van der Waals surface area contributed by atoms with Gasteiger partial charge in [0.2, 0.25) is 11.8 Å². The number of pyridine rings is 1. The molecular weight excluding hydrogens is 286 g/mol. The van der Waals surface area contributed by atoms with Crippen molar-refractivity contribution >= 4 is 22.7 Å². The van der Waals surface area contributed by atoms with E-state index in [9.17, 15) is 9.59 Å². The largest absolute Gasteiger partial charge is 0.481 e. The van der Waals surface area contributed by atoms with E-state index in [-0.39, 0.29) is 12.5 Å². The van der Waals surface area contributed by atoms with Crippen LogP contribution < -0.4 is 15.8 Å². The Labute approximate surface area is 125 Å². The fourth-order valence-corrected chi connectivity index (χ4v) is 2.08. The summed E-state index contributed by atoms with van der Waals surface area (Å²) in [5.41, 5.74) is 1.55. The highest BCUT2D eigenvalue weighted by molar-refractivity contribution is 5.91. The van der Waals surface area contributed by atoms with Gasteiger partial charge < -0.3 is 14.5 Å². The van der Waals surface area contributed by atoms with Crippen LogP contribution in [0.3, 0.4) is 0 Å². The van der Waals surface area contributed by atoms with E-state index in [0.717, 1.165) is 0 Å². The first-order valence-corrected chi connectivity index (χ1v) is 6.55. The molecule has 0 aliphatic heterocycles. The molecule has 0 unspecified atom stereocenters. The van der Waals surface area contributed by atoms with Crippen molar-refractivity contribution in [2.24, 2.45) is 0 Å². The average Bonchev–Trinajstić information content (AvgIpc) is 2.84. The number of aromatic nitrogens is 2. The first kappa shape index (κ1) is 13.9. The highest BCUT2D eigenvalue weighted by atomic mass is 16.5. The monoisotopic (exact) mass is 299 g/mol. The Bertz CT molecular complexity index is 864. The van der Waals surface area contributed by atoms with E-state index >= 15 is 0 Å². The fourth-order valence-electron chi connectivity index (χ4n) is 2.08. The van der Waals surface area contributed by atoms with Crippen LogP contribution >= 0.6 is 0 Å². The van der Waals surface area contributed by atoms with Crippen molar-refractivity contribution in [2.75, 3.05) is 12.4 Å². The lowest BCUT2D eigenvalue weighted by Gasteiger charge is -2.06. The number of carbonyl (C=O) groups is 1. The number of benzene rings is 1. The molecule has 3 aromatic rings. The summed E-state index contributed by atoms with van der Waals surface area (Å²) in [5.74, 6) is -0.458. The van der Waals surface area contributed by atoms with E-state index in [0.29, 0.717) is 22.7 Å². The normalized spacial score (nSPS) is 10.6. The molecule has 0 bridgehead atoms. The van der Waals surface area contributed by atoms with E-state index in [4.69, 9.17) is 9.15 Å². The van der Waals surface area contributed by atoms with Crippen LogP contribution in [-0.2, 0) is 11.3 Å². The molecule has 0 radical (unpaired) electrons. The number of amides is 1. The van der Waals surface area contributed by atoms with Crippen LogP contribution in [0.25, 0.3) is 11.1 Å². The van der Waals surface area contributed by atoms with Gasteiger partial charge in [-0.2, -0.15) is 0 Å². The number of rotatable bonds is 4. The Morgan fingerprint density at radius 1 is 1.32 bits per heavy atom. The molecule has 112 valence electrons. The molecule has 7 heteroatoms. The molecule has 2 heterocycles. The second-order valence-electron chi connectivity index (χ2n) is 4.56.